The largest absolute Gasteiger partial charge is 0.384 e. The molecule has 0 saturated heterocycles. The van der Waals surface area contributed by atoms with Gasteiger partial charge in [-0.2, -0.15) is 0 Å². The Morgan fingerprint density at radius 2 is 1.89 bits per heavy atom. The Balaban J connectivity index is 2.17. The number of benzene rings is 1. The Kier molecular flexibility index (Phi) is 4.18. The zero-order valence-corrected chi connectivity index (χ0v) is 10.9. The van der Waals surface area contributed by atoms with Crippen LogP contribution in [0.5, 0.6) is 0 Å². The molecule has 0 radical (unpaired) electrons. The Bertz CT molecular complexity index is 482. The number of pyridine rings is 1. The minimum absolute atomic E-state index is 0.972. The predicted molar refractivity (Wildman–Crippen MR) is 77.5 cm³/mol. The number of anilines is 3. The zero-order valence-electron chi connectivity index (χ0n) is 10.9. The van der Waals surface area contributed by atoms with E-state index >= 15 is 0 Å². The molecule has 1 N–H and O–H groups in total. The van der Waals surface area contributed by atoms with Gasteiger partial charge in [0.05, 0.1) is 23.8 Å². The van der Waals surface area contributed by atoms with E-state index in [4.69, 9.17) is 0 Å². The minimum atomic E-state index is 0.972. The number of para-hydroxylation sites is 1. The highest BCUT2D eigenvalue weighted by Crippen LogP contribution is 2.24. The second kappa shape index (κ2) is 6.05. The highest BCUT2D eigenvalue weighted by Gasteiger charge is 2.04. The molecule has 1 heterocycles. The van der Waals surface area contributed by atoms with Gasteiger partial charge in [0, 0.05) is 19.3 Å². The topological polar surface area (TPSA) is 28.2 Å². The molecule has 0 amide bonds. The van der Waals surface area contributed by atoms with Gasteiger partial charge in [-0.3, -0.25) is 4.98 Å². The number of rotatable bonds is 5. The van der Waals surface area contributed by atoms with Crippen LogP contribution < -0.4 is 10.2 Å². The van der Waals surface area contributed by atoms with E-state index in [0.717, 1.165) is 30.0 Å². The van der Waals surface area contributed by atoms with E-state index in [-0.39, 0.29) is 0 Å². The molecule has 0 atom stereocenters. The lowest BCUT2D eigenvalue weighted by Crippen LogP contribution is -2.10. The van der Waals surface area contributed by atoms with Crippen LogP contribution in [0.25, 0.3) is 0 Å². The number of hydrogen-bond donors (Lipinski definition) is 1. The number of aromatic nitrogens is 1. The fraction of sp³-hybridized carbons (Fsp3) is 0.267. The molecule has 0 aliphatic rings. The van der Waals surface area contributed by atoms with Crippen LogP contribution in [0, 0.1) is 0 Å². The average molecular weight is 241 g/mol. The molecule has 1 aromatic heterocycles. The molecule has 94 valence electrons. The number of hydrogen-bond acceptors (Lipinski definition) is 3. The van der Waals surface area contributed by atoms with Crippen LogP contribution in [0.3, 0.4) is 0 Å². The summed E-state index contributed by atoms with van der Waals surface area (Å²) in [5.41, 5.74) is 3.31. The maximum atomic E-state index is 4.28. The maximum absolute atomic E-state index is 4.28. The summed E-state index contributed by atoms with van der Waals surface area (Å²) in [4.78, 5) is 6.41. The van der Waals surface area contributed by atoms with Crippen LogP contribution in [-0.4, -0.2) is 18.6 Å². The molecule has 3 heteroatoms. The fourth-order valence-electron chi connectivity index (χ4n) is 1.78. The summed E-state index contributed by atoms with van der Waals surface area (Å²) in [6.07, 6.45) is 4.85. The molecule has 1 aromatic carbocycles. The first-order valence-electron chi connectivity index (χ1n) is 6.29. The van der Waals surface area contributed by atoms with Gasteiger partial charge in [0.2, 0.25) is 0 Å². The second-order valence-electron chi connectivity index (χ2n) is 4.25. The highest BCUT2D eigenvalue weighted by atomic mass is 15.1. The Hall–Kier alpha value is -2.03. The van der Waals surface area contributed by atoms with Crippen LogP contribution in [0.4, 0.5) is 17.1 Å². The smallest absolute Gasteiger partial charge is 0.0615 e. The first kappa shape index (κ1) is 12.4. The van der Waals surface area contributed by atoms with Crippen LogP contribution in [-0.2, 0) is 0 Å². The molecule has 0 fully saturated rings. The van der Waals surface area contributed by atoms with Crippen molar-refractivity contribution in [1.82, 2.24) is 4.98 Å². The van der Waals surface area contributed by atoms with Crippen molar-refractivity contribution in [3.05, 3.63) is 48.8 Å². The fourth-order valence-corrected chi connectivity index (χ4v) is 1.78. The van der Waals surface area contributed by atoms with Crippen molar-refractivity contribution in [2.75, 3.05) is 23.8 Å². The summed E-state index contributed by atoms with van der Waals surface area (Å²) in [5, 5.41) is 3.35. The molecule has 0 spiro atoms. The third-order valence-electron chi connectivity index (χ3n) is 2.83. The first-order valence-corrected chi connectivity index (χ1v) is 6.29. The van der Waals surface area contributed by atoms with Crippen molar-refractivity contribution in [1.29, 1.82) is 0 Å². The van der Waals surface area contributed by atoms with Gasteiger partial charge < -0.3 is 10.2 Å². The normalized spacial score (nSPS) is 10.1. The van der Waals surface area contributed by atoms with Gasteiger partial charge in [0.15, 0.2) is 0 Å². The standard InChI is InChI=1S/C15H19N3/c1-3-9-17-13-10-15(12-16-11-13)18(2)14-7-5-4-6-8-14/h4-8,10-12,17H,3,9H2,1-2H3. The van der Waals surface area contributed by atoms with Crippen molar-refractivity contribution in [2.45, 2.75) is 13.3 Å². The lowest BCUT2D eigenvalue weighted by molar-refractivity contribution is 0.977. The molecule has 0 saturated carbocycles. The lowest BCUT2D eigenvalue weighted by atomic mass is 10.2. The lowest BCUT2D eigenvalue weighted by Gasteiger charge is -2.19. The molecular formula is C15H19N3. The predicted octanol–water partition coefficient (Wildman–Crippen LogP) is 3.67. The van der Waals surface area contributed by atoms with Gasteiger partial charge in [-0.25, -0.2) is 0 Å². The molecule has 0 bridgehead atoms. The molecule has 0 aliphatic heterocycles. The van der Waals surface area contributed by atoms with E-state index in [0.29, 0.717) is 0 Å². The monoisotopic (exact) mass is 241 g/mol. The Morgan fingerprint density at radius 1 is 1.11 bits per heavy atom. The van der Waals surface area contributed by atoms with Gasteiger partial charge in [0.1, 0.15) is 0 Å². The van der Waals surface area contributed by atoms with Crippen LogP contribution >= 0.6 is 0 Å². The van der Waals surface area contributed by atoms with E-state index in [2.05, 4.69) is 47.4 Å². The van der Waals surface area contributed by atoms with Gasteiger partial charge >= 0.3 is 0 Å². The SMILES string of the molecule is CCCNc1cncc(N(C)c2ccccc2)c1. The summed E-state index contributed by atoms with van der Waals surface area (Å²) in [5.74, 6) is 0. The Labute approximate surface area is 108 Å². The summed E-state index contributed by atoms with van der Waals surface area (Å²) >= 11 is 0. The van der Waals surface area contributed by atoms with Crippen LogP contribution in [0.2, 0.25) is 0 Å². The third kappa shape index (κ3) is 3.00. The van der Waals surface area contributed by atoms with E-state index < -0.39 is 0 Å². The molecule has 0 aliphatic carbocycles. The quantitative estimate of drug-likeness (QED) is 0.865. The maximum Gasteiger partial charge on any atom is 0.0615 e. The summed E-state index contributed by atoms with van der Waals surface area (Å²) in [6.45, 7) is 3.13. The molecule has 3 nitrogen and oxygen atoms in total. The van der Waals surface area contributed by atoms with Crippen molar-refractivity contribution in [2.24, 2.45) is 0 Å². The minimum Gasteiger partial charge on any atom is -0.384 e. The Morgan fingerprint density at radius 3 is 2.61 bits per heavy atom. The highest BCUT2D eigenvalue weighted by molar-refractivity contribution is 5.65. The van der Waals surface area contributed by atoms with Gasteiger partial charge in [0.25, 0.3) is 0 Å². The van der Waals surface area contributed by atoms with Crippen molar-refractivity contribution in [3.63, 3.8) is 0 Å². The number of nitrogens with zero attached hydrogens (tertiary/aromatic N) is 2. The summed E-state index contributed by atoms with van der Waals surface area (Å²) in [7, 11) is 2.05. The average Bonchev–Trinajstić information content (AvgIpc) is 2.45. The molecule has 18 heavy (non-hydrogen) atoms. The zero-order chi connectivity index (χ0) is 12.8. The molecule has 2 aromatic rings. The van der Waals surface area contributed by atoms with E-state index in [1.54, 1.807) is 0 Å². The molecule has 2 rings (SSSR count). The van der Waals surface area contributed by atoms with Crippen molar-refractivity contribution < 1.29 is 0 Å². The van der Waals surface area contributed by atoms with E-state index in [1.165, 1.54) is 0 Å². The van der Waals surface area contributed by atoms with Crippen molar-refractivity contribution >= 4 is 17.1 Å². The van der Waals surface area contributed by atoms with Gasteiger partial charge in [-0.1, -0.05) is 25.1 Å². The van der Waals surface area contributed by atoms with Gasteiger partial charge in [-0.05, 0) is 24.6 Å². The van der Waals surface area contributed by atoms with E-state index in [1.807, 2.05) is 30.6 Å². The van der Waals surface area contributed by atoms with E-state index in [9.17, 15) is 0 Å². The van der Waals surface area contributed by atoms with Crippen molar-refractivity contribution in [3.8, 4) is 0 Å². The second-order valence-corrected chi connectivity index (χ2v) is 4.25. The third-order valence-corrected chi connectivity index (χ3v) is 2.83. The number of nitrogens with one attached hydrogen (secondary N) is 1. The summed E-state index contributed by atoms with van der Waals surface area (Å²) < 4.78 is 0. The molecule has 0 unspecified atom stereocenters. The summed E-state index contributed by atoms with van der Waals surface area (Å²) in [6, 6.07) is 12.4. The van der Waals surface area contributed by atoms with Crippen LogP contribution in [0.1, 0.15) is 13.3 Å². The first-order chi connectivity index (χ1) is 8.81. The van der Waals surface area contributed by atoms with Gasteiger partial charge in [-0.15, -0.1) is 0 Å². The molecular weight excluding hydrogens is 222 g/mol. The van der Waals surface area contributed by atoms with Crippen LogP contribution in [0.15, 0.2) is 48.8 Å².